The molecule has 0 fully saturated rings. The normalized spacial score (nSPS) is 11.2. The van der Waals surface area contributed by atoms with Gasteiger partial charge < -0.3 is 28.8 Å². The van der Waals surface area contributed by atoms with E-state index in [1.54, 1.807) is 0 Å². The zero-order chi connectivity index (χ0) is 18.5. The molecule has 0 saturated carbocycles. The van der Waals surface area contributed by atoms with Crippen LogP contribution in [0.25, 0.3) is 0 Å². The highest BCUT2D eigenvalue weighted by atomic mass is 32.3. The van der Waals surface area contributed by atoms with E-state index in [1.807, 2.05) is 0 Å². The lowest BCUT2D eigenvalue weighted by molar-refractivity contribution is -0.0132. The van der Waals surface area contributed by atoms with E-state index in [4.69, 9.17) is 46.3 Å². The Bertz CT molecular complexity index is 299. The summed E-state index contributed by atoms with van der Waals surface area (Å²) in [6.07, 6.45) is 1.04. The summed E-state index contributed by atoms with van der Waals surface area (Å²) in [5, 5.41) is 8.46. The number of aliphatic hydroxyl groups is 1. The number of hydrogen-bond acceptors (Lipinski definition) is 8. The fourth-order valence-corrected chi connectivity index (χ4v) is 1.19. The van der Waals surface area contributed by atoms with Crippen LogP contribution < -0.4 is 0 Å². The molecule has 0 rings (SSSR count). The monoisotopic (exact) mass is 378 g/mol. The standard InChI is InChI=1S/C13H28O6.H2O4S/c1-2-4-15-6-8-17-10-12-19-13-11-18-9-7-16-5-3-14;1-5(2,3)4/h14H,2-13H2,1H3;(H2,1,2,3,4). The van der Waals surface area contributed by atoms with Gasteiger partial charge in [0, 0.05) is 6.61 Å². The second-order valence-corrected chi connectivity index (χ2v) is 5.13. The van der Waals surface area contributed by atoms with Crippen molar-refractivity contribution in [2.45, 2.75) is 13.3 Å². The summed E-state index contributed by atoms with van der Waals surface area (Å²) < 4.78 is 57.8. The maximum atomic E-state index is 8.74. The van der Waals surface area contributed by atoms with Gasteiger partial charge in [-0.05, 0) is 6.42 Å². The van der Waals surface area contributed by atoms with Crippen molar-refractivity contribution >= 4 is 10.4 Å². The molecule has 24 heavy (non-hydrogen) atoms. The zero-order valence-corrected chi connectivity index (χ0v) is 14.9. The minimum atomic E-state index is -4.67. The maximum absolute atomic E-state index is 8.74. The van der Waals surface area contributed by atoms with Crippen LogP contribution in [-0.4, -0.2) is 95.3 Å². The van der Waals surface area contributed by atoms with Crippen LogP contribution in [-0.2, 0) is 34.1 Å². The molecular weight excluding hydrogens is 348 g/mol. The van der Waals surface area contributed by atoms with E-state index in [2.05, 4.69) is 6.92 Å². The van der Waals surface area contributed by atoms with E-state index in [1.165, 1.54) is 0 Å². The summed E-state index contributed by atoms with van der Waals surface area (Å²) in [6.45, 7) is 7.80. The molecule has 0 saturated heterocycles. The van der Waals surface area contributed by atoms with Gasteiger partial charge >= 0.3 is 10.4 Å². The SMILES string of the molecule is CCCOCCOCCOCCOCCOCCO.O=S(=O)(O)O. The average Bonchev–Trinajstić information content (AvgIpc) is 2.49. The predicted molar refractivity (Wildman–Crippen MR) is 85.6 cm³/mol. The van der Waals surface area contributed by atoms with Gasteiger partial charge in [0.1, 0.15) is 0 Å². The highest BCUT2D eigenvalue weighted by Gasteiger charge is 1.92. The van der Waals surface area contributed by atoms with E-state index >= 15 is 0 Å². The van der Waals surface area contributed by atoms with Gasteiger partial charge in [0.05, 0.1) is 66.1 Å². The Balaban J connectivity index is 0. The second kappa shape index (κ2) is 20.7. The van der Waals surface area contributed by atoms with Crippen LogP contribution in [0.1, 0.15) is 13.3 Å². The first-order valence-corrected chi connectivity index (χ1v) is 9.01. The molecule has 0 bridgehead atoms. The average molecular weight is 378 g/mol. The van der Waals surface area contributed by atoms with Gasteiger partial charge in [-0.25, -0.2) is 0 Å². The Morgan fingerprint density at radius 1 is 0.625 bits per heavy atom. The van der Waals surface area contributed by atoms with E-state index in [9.17, 15) is 0 Å². The summed E-state index contributed by atoms with van der Waals surface area (Å²) in [6, 6.07) is 0. The van der Waals surface area contributed by atoms with Crippen LogP contribution in [0.3, 0.4) is 0 Å². The molecule has 3 N–H and O–H groups in total. The minimum Gasteiger partial charge on any atom is -0.394 e. The zero-order valence-electron chi connectivity index (χ0n) is 14.1. The number of ether oxygens (including phenoxy) is 5. The van der Waals surface area contributed by atoms with E-state index in [-0.39, 0.29) is 6.61 Å². The molecule has 0 aromatic rings. The molecular formula is C13H30O10S. The molecule has 0 aliphatic heterocycles. The third-order valence-electron chi connectivity index (χ3n) is 2.07. The van der Waals surface area contributed by atoms with Gasteiger partial charge in [-0.15, -0.1) is 0 Å². The summed E-state index contributed by atoms with van der Waals surface area (Å²) >= 11 is 0. The summed E-state index contributed by atoms with van der Waals surface area (Å²) in [4.78, 5) is 0. The highest BCUT2D eigenvalue weighted by molar-refractivity contribution is 7.79. The van der Waals surface area contributed by atoms with Crippen LogP contribution in [0.4, 0.5) is 0 Å². The van der Waals surface area contributed by atoms with E-state index in [0.29, 0.717) is 59.5 Å². The smallest absolute Gasteiger partial charge is 0.394 e. The van der Waals surface area contributed by atoms with E-state index < -0.39 is 10.4 Å². The Kier molecular flexibility index (Phi) is 22.3. The maximum Gasteiger partial charge on any atom is 0.394 e. The van der Waals surface area contributed by atoms with Crippen LogP contribution in [0.15, 0.2) is 0 Å². The predicted octanol–water partition coefficient (Wildman–Crippen LogP) is -0.181. The van der Waals surface area contributed by atoms with Crippen molar-refractivity contribution in [2.75, 3.05) is 72.7 Å². The molecule has 0 atom stereocenters. The summed E-state index contributed by atoms with van der Waals surface area (Å²) in [7, 11) is -4.67. The molecule has 0 radical (unpaired) electrons. The van der Waals surface area contributed by atoms with Crippen LogP contribution >= 0.6 is 0 Å². The van der Waals surface area contributed by atoms with Gasteiger partial charge in [0.2, 0.25) is 0 Å². The number of hydrogen-bond donors (Lipinski definition) is 3. The Hall–Kier alpha value is -0.370. The fourth-order valence-electron chi connectivity index (χ4n) is 1.19. The van der Waals surface area contributed by atoms with Crippen molar-refractivity contribution in [1.29, 1.82) is 0 Å². The number of aliphatic hydroxyl groups excluding tert-OH is 1. The topological polar surface area (TPSA) is 141 Å². The first kappa shape index (κ1) is 25.9. The van der Waals surface area contributed by atoms with Gasteiger partial charge in [-0.1, -0.05) is 6.92 Å². The lowest BCUT2D eigenvalue weighted by Crippen LogP contribution is -2.13. The molecule has 11 heteroatoms. The fraction of sp³-hybridized carbons (Fsp3) is 1.00. The van der Waals surface area contributed by atoms with Gasteiger partial charge in [-0.2, -0.15) is 8.42 Å². The van der Waals surface area contributed by atoms with Gasteiger partial charge in [0.15, 0.2) is 0 Å². The van der Waals surface area contributed by atoms with Crippen molar-refractivity contribution in [3.63, 3.8) is 0 Å². The second-order valence-electron chi connectivity index (χ2n) is 4.23. The molecule has 0 aromatic heterocycles. The van der Waals surface area contributed by atoms with Crippen LogP contribution in [0, 0.1) is 0 Å². The van der Waals surface area contributed by atoms with Crippen molar-refractivity contribution in [2.24, 2.45) is 0 Å². The largest absolute Gasteiger partial charge is 0.394 e. The van der Waals surface area contributed by atoms with Crippen molar-refractivity contribution < 1.29 is 46.3 Å². The van der Waals surface area contributed by atoms with E-state index in [0.717, 1.165) is 13.0 Å². The molecule has 0 aromatic carbocycles. The molecule has 0 spiro atoms. The lowest BCUT2D eigenvalue weighted by atomic mass is 10.5. The molecule has 148 valence electrons. The highest BCUT2D eigenvalue weighted by Crippen LogP contribution is 1.84. The summed E-state index contributed by atoms with van der Waals surface area (Å²) in [5.74, 6) is 0. The molecule has 10 nitrogen and oxygen atoms in total. The van der Waals surface area contributed by atoms with Crippen LogP contribution in [0.2, 0.25) is 0 Å². The van der Waals surface area contributed by atoms with Gasteiger partial charge in [-0.3, -0.25) is 9.11 Å². The molecule has 0 aliphatic rings. The third kappa shape index (κ3) is 37.7. The van der Waals surface area contributed by atoms with Crippen molar-refractivity contribution in [3.8, 4) is 0 Å². The van der Waals surface area contributed by atoms with Gasteiger partial charge in [0.25, 0.3) is 0 Å². The molecule has 0 amide bonds. The Morgan fingerprint density at radius 3 is 1.12 bits per heavy atom. The first-order chi connectivity index (χ1) is 11.4. The number of rotatable bonds is 16. The van der Waals surface area contributed by atoms with Crippen LogP contribution in [0.5, 0.6) is 0 Å². The molecule has 0 heterocycles. The lowest BCUT2D eigenvalue weighted by Gasteiger charge is -2.07. The Morgan fingerprint density at radius 2 is 0.875 bits per heavy atom. The molecule has 0 aliphatic carbocycles. The first-order valence-electron chi connectivity index (χ1n) is 7.61. The minimum absolute atomic E-state index is 0.0482. The summed E-state index contributed by atoms with van der Waals surface area (Å²) in [5.41, 5.74) is 0. The van der Waals surface area contributed by atoms with Crippen molar-refractivity contribution in [3.05, 3.63) is 0 Å². The third-order valence-corrected chi connectivity index (χ3v) is 2.07. The van der Waals surface area contributed by atoms with Crippen molar-refractivity contribution in [1.82, 2.24) is 0 Å². The quantitative estimate of drug-likeness (QED) is 0.244. The Labute approximate surface area is 143 Å². The molecule has 0 unspecified atom stereocenters.